The lowest BCUT2D eigenvalue weighted by Gasteiger charge is -2.09. The van der Waals surface area contributed by atoms with Crippen LogP contribution in [0.15, 0.2) is 47.6 Å². The Hall–Kier alpha value is -1.75. The normalized spacial score (nSPS) is 11.7. The maximum absolute atomic E-state index is 11.9. The second-order valence-electron chi connectivity index (χ2n) is 4.42. The van der Waals surface area contributed by atoms with Crippen LogP contribution in [-0.4, -0.2) is 13.4 Å². The van der Waals surface area contributed by atoms with E-state index in [1.807, 2.05) is 12.1 Å². The van der Waals surface area contributed by atoms with E-state index < -0.39 is 10.0 Å². The highest BCUT2D eigenvalue weighted by molar-refractivity contribution is 7.92. The van der Waals surface area contributed by atoms with Crippen molar-refractivity contribution in [3.05, 3.63) is 48.2 Å². The van der Waals surface area contributed by atoms with Crippen LogP contribution in [0.3, 0.4) is 0 Å². The third kappa shape index (κ3) is 2.73. The first-order valence-corrected chi connectivity index (χ1v) is 7.23. The Bertz CT molecular complexity index is 599. The molecule has 2 N–H and O–H groups in total. The maximum Gasteiger partial charge on any atom is 0.277 e. The van der Waals surface area contributed by atoms with E-state index in [9.17, 15) is 8.42 Å². The predicted molar refractivity (Wildman–Crippen MR) is 72.1 cm³/mol. The van der Waals surface area contributed by atoms with Crippen molar-refractivity contribution in [2.75, 3.05) is 4.72 Å². The molecule has 0 aliphatic rings. The summed E-state index contributed by atoms with van der Waals surface area (Å²) in [5.74, 6) is 0.430. The van der Waals surface area contributed by atoms with Gasteiger partial charge in [0.1, 0.15) is 0 Å². The smallest absolute Gasteiger partial charge is 0.277 e. The minimum Gasteiger partial charge on any atom is -0.351 e. The van der Waals surface area contributed by atoms with Crippen molar-refractivity contribution in [3.8, 4) is 0 Å². The summed E-state index contributed by atoms with van der Waals surface area (Å²) in [5, 5.41) is 0.162. The molecule has 96 valence electrons. The van der Waals surface area contributed by atoms with E-state index in [1.54, 1.807) is 24.4 Å². The fourth-order valence-corrected chi connectivity index (χ4v) is 2.66. The Balaban J connectivity index is 2.20. The molecule has 0 fully saturated rings. The van der Waals surface area contributed by atoms with Gasteiger partial charge in [0, 0.05) is 11.9 Å². The summed E-state index contributed by atoms with van der Waals surface area (Å²) in [5.41, 5.74) is 1.74. The summed E-state index contributed by atoms with van der Waals surface area (Å²) >= 11 is 0. The van der Waals surface area contributed by atoms with Gasteiger partial charge in [0.2, 0.25) is 0 Å². The molecule has 0 bridgehead atoms. The lowest BCUT2D eigenvalue weighted by atomic mass is 10.0. The fourth-order valence-electron chi connectivity index (χ4n) is 1.63. The van der Waals surface area contributed by atoms with Gasteiger partial charge < -0.3 is 4.98 Å². The molecule has 0 amide bonds. The van der Waals surface area contributed by atoms with Crippen molar-refractivity contribution in [1.29, 1.82) is 0 Å². The zero-order chi connectivity index (χ0) is 13.2. The zero-order valence-electron chi connectivity index (χ0n) is 10.3. The highest BCUT2D eigenvalue weighted by Crippen LogP contribution is 2.19. The van der Waals surface area contributed by atoms with E-state index in [-0.39, 0.29) is 5.03 Å². The van der Waals surface area contributed by atoms with E-state index in [0.29, 0.717) is 11.6 Å². The average Bonchev–Trinajstić information content (AvgIpc) is 2.83. The first-order valence-electron chi connectivity index (χ1n) is 5.75. The van der Waals surface area contributed by atoms with Gasteiger partial charge >= 0.3 is 0 Å². The van der Waals surface area contributed by atoms with Gasteiger partial charge in [-0.05, 0) is 35.7 Å². The molecule has 0 unspecified atom stereocenters. The first kappa shape index (κ1) is 12.7. The molecular weight excluding hydrogens is 248 g/mol. The van der Waals surface area contributed by atoms with Crippen LogP contribution in [0.5, 0.6) is 0 Å². The van der Waals surface area contributed by atoms with Crippen molar-refractivity contribution in [2.24, 2.45) is 0 Å². The Morgan fingerprint density at radius 1 is 1.11 bits per heavy atom. The van der Waals surface area contributed by atoms with Gasteiger partial charge in [-0.1, -0.05) is 26.0 Å². The minimum atomic E-state index is -3.51. The zero-order valence-corrected chi connectivity index (χ0v) is 11.2. The number of rotatable bonds is 4. The number of sulfonamides is 1. The minimum absolute atomic E-state index is 0.162. The molecule has 2 rings (SSSR count). The number of aromatic amines is 1. The van der Waals surface area contributed by atoms with E-state index in [1.165, 1.54) is 11.6 Å². The van der Waals surface area contributed by atoms with E-state index in [0.717, 1.165) is 0 Å². The molecule has 0 saturated heterocycles. The fraction of sp³-hybridized carbons (Fsp3) is 0.231. The Kier molecular flexibility index (Phi) is 3.43. The number of hydrogen-bond acceptors (Lipinski definition) is 2. The highest BCUT2D eigenvalue weighted by atomic mass is 32.2. The molecule has 18 heavy (non-hydrogen) atoms. The quantitative estimate of drug-likeness (QED) is 0.891. The molecule has 0 radical (unpaired) electrons. The third-order valence-corrected chi connectivity index (χ3v) is 4.03. The van der Waals surface area contributed by atoms with Crippen molar-refractivity contribution in [1.82, 2.24) is 4.98 Å². The summed E-state index contributed by atoms with van der Waals surface area (Å²) in [6.45, 7) is 4.19. The molecule has 0 spiro atoms. The summed E-state index contributed by atoms with van der Waals surface area (Å²) in [4.78, 5) is 2.68. The third-order valence-electron chi connectivity index (χ3n) is 2.69. The van der Waals surface area contributed by atoms with Crippen LogP contribution in [-0.2, 0) is 10.0 Å². The van der Waals surface area contributed by atoms with E-state index in [4.69, 9.17) is 0 Å². The van der Waals surface area contributed by atoms with Crippen LogP contribution in [0.1, 0.15) is 25.3 Å². The molecule has 2 aromatic rings. The van der Waals surface area contributed by atoms with Gasteiger partial charge in [-0.15, -0.1) is 0 Å². The van der Waals surface area contributed by atoms with Crippen molar-refractivity contribution >= 4 is 15.7 Å². The summed E-state index contributed by atoms with van der Waals surface area (Å²) in [7, 11) is -3.51. The molecule has 1 heterocycles. The van der Waals surface area contributed by atoms with Crippen molar-refractivity contribution in [2.45, 2.75) is 24.8 Å². The lowest BCUT2D eigenvalue weighted by Crippen LogP contribution is -2.13. The van der Waals surface area contributed by atoms with Gasteiger partial charge in [0.25, 0.3) is 10.0 Å². The lowest BCUT2D eigenvalue weighted by molar-refractivity contribution is 0.598. The summed E-state index contributed by atoms with van der Waals surface area (Å²) in [6.07, 6.45) is 1.58. The summed E-state index contributed by atoms with van der Waals surface area (Å²) < 4.78 is 26.4. The maximum atomic E-state index is 11.9. The van der Waals surface area contributed by atoms with Gasteiger partial charge in [-0.2, -0.15) is 8.42 Å². The monoisotopic (exact) mass is 264 g/mol. The molecule has 4 nitrogen and oxygen atoms in total. The Labute approximate surface area is 107 Å². The molecule has 5 heteroatoms. The highest BCUT2D eigenvalue weighted by Gasteiger charge is 2.14. The Morgan fingerprint density at radius 3 is 2.28 bits per heavy atom. The SMILES string of the molecule is CC(C)c1ccc(NS(=O)(=O)c2ccc[nH]2)cc1. The van der Waals surface area contributed by atoms with E-state index in [2.05, 4.69) is 23.6 Å². The predicted octanol–water partition coefficient (Wildman–Crippen LogP) is 2.94. The number of anilines is 1. The second kappa shape index (κ2) is 4.86. The van der Waals surface area contributed by atoms with Gasteiger partial charge in [0.15, 0.2) is 5.03 Å². The van der Waals surface area contributed by atoms with Crippen LogP contribution in [0.4, 0.5) is 5.69 Å². The number of nitrogens with one attached hydrogen (secondary N) is 2. The second-order valence-corrected chi connectivity index (χ2v) is 6.07. The van der Waals surface area contributed by atoms with Crippen molar-refractivity contribution in [3.63, 3.8) is 0 Å². The van der Waals surface area contributed by atoms with Crippen LogP contribution in [0, 0.1) is 0 Å². The molecule has 1 aromatic carbocycles. The molecule has 0 atom stereocenters. The molecule has 0 saturated carbocycles. The van der Waals surface area contributed by atoms with Gasteiger partial charge in [0.05, 0.1) is 0 Å². The number of aromatic nitrogens is 1. The average molecular weight is 264 g/mol. The van der Waals surface area contributed by atoms with Gasteiger partial charge in [-0.3, -0.25) is 4.72 Å². The Morgan fingerprint density at radius 2 is 1.78 bits per heavy atom. The molecule has 0 aliphatic carbocycles. The first-order chi connectivity index (χ1) is 8.49. The summed E-state index contributed by atoms with van der Waals surface area (Å²) in [6, 6.07) is 10.6. The van der Waals surface area contributed by atoms with Crippen LogP contribution < -0.4 is 4.72 Å². The largest absolute Gasteiger partial charge is 0.351 e. The molecular formula is C13H16N2O2S. The standard InChI is InChI=1S/C13H16N2O2S/c1-10(2)11-5-7-12(8-6-11)15-18(16,17)13-4-3-9-14-13/h3-10,14-15H,1-2H3. The number of hydrogen-bond donors (Lipinski definition) is 2. The van der Waals surface area contributed by atoms with E-state index >= 15 is 0 Å². The van der Waals surface area contributed by atoms with Crippen LogP contribution >= 0.6 is 0 Å². The van der Waals surface area contributed by atoms with Crippen LogP contribution in [0.2, 0.25) is 0 Å². The topological polar surface area (TPSA) is 62.0 Å². The van der Waals surface area contributed by atoms with Crippen molar-refractivity contribution < 1.29 is 8.42 Å². The molecule has 0 aliphatic heterocycles. The number of H-pyrrole nitrogens is 1. The molecule has 1 aromatic heterocycles. The van der Waals surface area contributed by atoms with Crippen LogP contribution in [0.25, 0.3) is 0 Å². The van der Waals surface area contributed by atoms with Gasteiger partial charge in [-0.25, -0.2) is 0 Å². The number of benzene rings is 1.